The van der Waals surface area contributed by atoms with E-state index in [1.165, 1.54) is 7.05 Å². The second kappa shape index (κ2) is 6.04. The summed E-state index contributed by atoms with van der Waals surface area (Å²) in [6, 6.07) is 1.61. The van der Waals surface area contributed by atoms with Crippen molar-refractivity contribution in [2.24, 2.45) is 7.05 Å². The van der Waals surface area contributed by atoms with Crippen LogP contribution in [0.15, 0.2) is 29.3 Å². The molecular weight excluding hydrogens is 356 g/mol. The Hall–Kier alpha value is -3.04. The quantitative estimate of drug-likeness (QED) is 0.526. The fourth-order valence-electron chi connectivity index (χ4n) is 2.62. The molecule has 0 aliphatic carbocycles. The van der Waals surface area contributed by atoms with Crippen LogP contribution in [0.4, 0.5) is 17.6 Å². The number of hydrogen-bond donors (Lipinski definition) is 0. The molecule has 6 nitrogen and oxygen atoms in total. The van der Waals surface area contributed by atoms with Gasteiger partial charge in [0, 0.05) is 31.5 Å². The molecule has 0 aromatic carbocycles. The topological polar surface area (TPSA) is 69.8 Å². The Morgan fingerprint density at radius 2 is 1.96 bits per heavy atom. The van der Waals surface area contributed by atoms with E-state index < -0.39 is 29.0 Å². The van der Waals surface area contributed by atoms with Gasteiger partial charge in [-0.05, 0) is 19.1 Å². The van der Waals surface area contributed by atoms with Gasteiger partial charge in [0.1, 0.15) is 11.4 Å². The molecule has 0 aliphatic heterocycles. The van der Waals surface area contributed by atoms with Crippen molar-refractivity contribution in [1.29, 1.82) is 0 Å². The summed E-state index contributed by atoms with van der Waals surface area (Å²) in [6.07, 6.45) is -2.92. The summed E-state index contributed by atoms with van der Waals surface area (Å²) < 4.78 is 54.4. The van der Waals surface area contributed by atoms with Crippen molar-refractivity contribution in [2.45, 2.75) is 19.6 Å². The lowest BCUT2D eigenvalue weighted by molar-refractivity contribution is -0.141. The van der Waals surface area contributed by atoms with Gasteiger partial charge < -0.3 is 4.57 Å². The highest BCUT2D eigenvalue weighted by Gasteiger charge is 2.32. The maximum absolute atomic E-state index is 14.5. The van der Waals surface area contributed by atoms with Crippen molar-refractivity contribution >= 4 is 16.7 Å². The minimum atomic E-state index is -4.64. The number of ketones is 1. The molecule has 0 radical (unpaired) electrons. The minimum absolute atomic E-state index is 0.179. The Bertz CT molecular complexity index is 1070. The predicted molar refractivity (Wildman–Crippen MR) is 83.3 cm³/mol. The summed E-state index contributed by atoms with van der Waals surface area (Å²) >= 11 is 0. The van der Waals surface area contributed by atoms with Crippen LogP contribution >= 0.6 is 0 Å². The van der Waals surface area contributed by atoms with Gasteiger partial charge >= 0.3 is 6.18 Å². The van der Waals surface area contributed by atoms with E-state index >= 15 is 0 Å². The Kier molecular flexibility index (Phi) is 4.13. The lowest BCUT2D eigenvalue weighted by Crippen LogP contribution is -2.20. The van der Waals surface area contributed by atoms with E-state index in [4.69, 9.17) is 0 Å². The van der Waals surface area contributed by atoms with E-state index in [1.54, 1.807) is 6.92 Å². The number of carbonyl (C=O) groups excluding carboxylic acids is 1. The molecule has 3 heterocycles. The molecule has 26 heavy (non-hydrogen) atoms. The van der Waals surface area contributed by atoms with Crippen LogP contribution in [0.2, 0.25) is 0 Å². The molecule has 136 valence electrons. The van der Waals surface area contributed by atoms with Crippen molar-refractivity contribution in [2.75, 3.05) is 0 Å². The van der Waals surface area contributed by atoms with Crippen LogP contribution in [-0.2, 0) is 19.8 Å². The third kappa shape index (κ3) is 2.76. The van der Waals surface area contributed by atoms with Gasteiger partial charge in [0.2, 0.25) is 5.78 Å². The molecule has 3 aromatic rings. The van der Waals surface area contributed by atoms with Gasteiger partial charge in [0.05, 0.1) is 5.39 Å². The number of alkyl halides is 3. The van der Waals surface area contributed by atoms with Crippen molar-refractivity contribution < 1.29 is 22.4 Å². The normalized spacial score (nSPS) is 11.9. The number of carbonyl (C=O) groups is 1. The number of aryl methyl sites for hydroxylation is 2. The summed E-state index contributed by atoms with van der Waals surface area (Å²) in [6.45, 7) is 1.87. The maximum atomic E-state index is 14.5. The molecule has 0 spiro atoms. The van der Waals surface area contributed by atoms with Gasteiger partial charge in [0.15, 0.2) is 11.3 Å². The molecule has 0 unspecified atom stereocenters. The number of pyridine rings is 2. The first-order valence-electron chi connectivity index (χ1n) is 7.48. The maximum Gasteiger partial charge on any atom is 0.433 e. The van der Waals surface area contributed by atoms with Gasteiger partial charge in [0.25, 0.3) is 5.56 Å². The van der Waals surface area contributed by atoms with Crippen molar-refractivity contribution in [1.82, 2.24) is 19.3 Å². The van der Waals surface area contributed by atoms with Gasteiger partial charge in [-0.3, -0.25) is 19.3 Å². The standard InChI is InChI=1S/C16H12F4N4O2/c1-3-24-7-9(17)11-12(15(24)26)22-23(2)13(11)14(25)8-4-5-10(21-6-8)16(18,19)20/h4-7H,3H2,1-2H3. The third-order valence-electron chi connectivity index (χ3n) is 3.89. The molecule has 3 aromatic heterocycles. The first-order valence-corrected chi connectivity index (χ1v) is 7.48. The number of hydrogen-bond acceptors (Lipinski definition) is 4. The van der Waals surface area contributed by atoms with Gasteiger partial charge in [-0.15, -0.1) is 0 Å². The molecule has 10 heteroatoms. The smallest absolute Gasteiger partial charge is 0.311 e. The average molecular weight is 368 g/mol. The Morgan fingerprint density at radius 3 is 2.50 bits per heavy atom. The molecule has 0 atom stereocenters. The van der Waals surface area contributed by atoms with Gasteiger partial charge in [-0.1, -0.05) is 0 Å². The van der Waals surface area contributed by atoms with E-state index in [2.05, 4.69) is 10.1 Å². The summed E-state index contributed by atoms with van der Waals surface area (Å²) in [4.78, 5) is 28.1. The van der Waals surface area contributed by atoms with Crippen LogP contribution in [0.3, 0.4) is 0 Å². The first kappa shape index (κ1) is 17.8. The molecule has 3 rings (SSSR count). The highest BCUT2D eigenvalue weighted by molar-refractivity contribution is 6.14. The lowest BCUT2D eigenvalue weighted by Gasteiger charge is -2.07. The SMILES string of the molecule is CCn1cc(F)c2c(C(=O)c3ccc(C(F)(F)F)nc3)n(C)nc2c1=O. The number of halogens is 4. The van der Waals surface area contributed by atoms with E-state index in [9.17, 15) is 27.2 Å². The van der Waals surface area contributed by atoms with Crippen LogP contribution in [-0.4, -0.2) is 25.1 Å². The second-order valence-electron chi connectivity index (χ2n) is 5.52. The molecule has 0 bridgehead atoms. The van der Waals surface area contributed by atoms with Crippen LogP contribution in [0.1, 0.15) is 28.7 Å². The zero-order valence-electron chi connectivity index (χ0n) is 13.6. The Balaban J connectivity index is 2.16. The van der Waals surface area contributed by atoms with Crippen molar-refractivity contribution in [3.8, 4) is 0 Å². The predicted octanol–water partition coefficient (Wildman–Crippen LogP) is 2.54. The van der Waals surface area contributed by atoms with E-state index in [1.807, 2.05) is 0 Å². The summed E-state index contributed by atoms with van der Waals surface area (Å²) in [5, 5.41) is 3.64. The molecule has 0 saturated carbocycles. The van der Waals surface area contributed by atoms with Gasteiger partial charge in [-0.25, -0.2) is 4.39 Å². The van der Waals surface area contributed by atoms with Crippen LogP contribution in [0.25, 0.3) is 10.9 Å². The molecule has 0 aliphatic rings. The second-order valence-corrected chi connectivity index (χ2v) is 5.52. The zero-order valence-corrected chi connectivity index (χ0v) is 13.6. The van der Waals surface area contributed by atoms with Gasteiger partial charge in [-0.2, -0.15) is 18.3 Å². The zero-order chi connectivity index (χ0) is 19.2. The van der Waals surface area contributed by atoms with Crippen LogP contribution < -0.4 is 5.56 Å². The summed E-state index contributed by atoms with van der Waals surface area (Å²) in [5.41, 5.74) is -2.36. The number of fused-ring (bicyclic) bond motifs is 1. The largest absolute Gasteiger partial charge is 0.433 e. The fourth-order valence-corrected chi connectivity index (χ4v) is 2.62. The number of rotatable bonds is 3. The first-order chi connectivity index (χ1) is 12.1. The lowest BCUT2D eigenvalue weighted by atomic mass is 10.1. The Labute approximate surface area is 143 Å². The number of aromatic nitrogens is 4. The fraction of sp³-hybridized carbons (Fsp3) is 0.250. The third-order valence-corrected chi connectivity index (χ3v) is 3.89. The molecule has 0 amide bonds. The van der Waals surface area contributed by atoms with Crippen LogP contribution in [0.5, 0.6) is 0 Å². The monoisotopic (exact) mass is 368 g/mol. The molecular formula is C16H12F4N4O2. The highest BCUT2D eigenvalue weighted by Crippen LogP contribution is 2.28. The van der Waals surface area contributed by atoms with E-state index in [0.29, 0.717) is 6.07 Å². The average Bonchev–Trinajstić information content (AvgIpc) is 2.94. The highest BCUT2D eigenvalue weighted by atomic mass is 19.4. The Morgan fingerprint density at radius 1 is 1.27 bits per heavy atom. The summed E-state index contributed by atoms with van der Waals surface area (Å²) in [5.74, 6) is -1.61. The van der Waals surface area contributed by atoms with Crippen molar-refractivity contribution in [3.05, 3.63) is 57.6 Å². The van der Waals surface area contributed by atoms with E-state index in [-0.39, 0.29) is 28.7 Å². The number of nitrogens with zero attached hydrogens (tertiary/aromatic N) is 4. The van der Waals surface area contributed by atoms with Crippen LogP contribution in [0, 0.1) is 5.82 Å². The van der Waals surface area contributed by atoms with E-state index in [0.717, 1.165) is 27.7 Å². The summed E-state index contributed by atoms with van der Waals surface area (Å²) in [7, 11) is 1.35. The minimum Gasteiger partial charge on any atom is -0.311 e. The molecule has 0 saturated heterocycles. The van der Waals surface area contributed by atoms with Crippen molar-refractivity contribution in [3.63, 3.8) is 0 Å². The molecule has 0 fully saturated rings. The molecule has 0 N–H and O–H groups in total.